The van der Waals surface area contributed by atoms with Gasteiger partial charge < -0.3 is 4.74 Å². The standard InChI is InChI=1S/C11H11BrO3/c1-7(13)9-4-3-8(5-10(9)12)6-11(14)15-2/h3-5H,6H2,1-2H3. The summed E-state index contributed by atoms with van der Waals surface area (Å²) in [5, 5.41) is 0. The van der Waals surface area contributed by atoms with Gasteiger partial charge in [0.05, 0.1) is 13.5 Å². The summed E-state index contributed by atoms with van der Waals surface area (Å²) < 4.78 is 5.26. The van der Waals surface area contributed by atoms with Gasteiger partial charge in [0.25, 0.3) is 0 Å². The third kappa shape index (κ3) is 3.16. The van der Waals surface area contributed by atoms with Crippen LogP contribution in [0.3, 0.4) is 0 Å². The molecule has 0 heterocycles. The van der Waals surface area contributed by atoms with Crippen LogP contribution in [0.5, 0.6) is 0 Å². The number of hydrogen-bond donors (Lipinski definition) is 0. The van der Waals surface area contributed by atoms with Crippen molar-refractivity contribution >= 4 is 27.7 Å². The average molecular weight is 271 g/mol. The lowest BCUT2D eigenvalue weighted by atomic mass is 10.1. The van der Waals surface area contributed by atoms with Gasteiger partial charge in [0.15, 0.2) is 5.78 Å². The molecule has 0 saturated carbocycles. The van der Waals surface area contributed by atoms with E-state index in [4.69, 9.17) is 0 Å². The summed E-state index contributed by atoms with van der Waals surface area (Å²) in [6, 6.07) is 5.21. The predicted octanol–water partition coefficient (Wildman–Crippen LogP) is 2.37. The van der Waals surface area contributed by atoms with Crippen molar-refractivity contribution in [3.8, 4) is 0 Å². The number of carbonyl (C=O) groups excluding carboxylic acids is 2. The second kappa shape index (κ2) is 5.07. The monoisotopic (exact) mass is 270 g/mol. The molecule has 1 aromatic carbocycles. The van der Waals surface area contributed by atoms with Gasteiger partial charge in [-0.1, -0.05) is 22.0 Å². The van der Waals surface area contributed by atoms with Gasteiger partial charge in [-0.25, -0.2) is 0 Å². The second-order valence-corrected chi connectivity index (χ2v) is 3.98. The molecule has 3 nitrogen and oxygen atoms in total. The lowest BCUT2D eigenvalue weighted by molar-refractivity contribution is -0.139. The van der Waals surface area contributed by atoms with Crippen molar-refractivity contribution in [1.29, 1.82) is 0 Å². The van der Waals surface area contributed by atoms with Gasteiger partial charge in [0, 0.05) is 10.0 Å². The van der Waals surface area contributed by atoms with Crippen LogP contribution >= 0.6 is 15.9 Å². The van der Waals surface area contributed by atoms with Gasteiger partial charge in [-0.3, -0.25) is 9.59 Å². The molecule has 0 aliphatic carbocycles. The molecule has 4 heteroatoms. The highest BCUT2D eigenvalue weighted by atomic mass is 79.9. The molecule has 0 fully saturated rings. The smallest absolute Gasteiger partial charge is 0.309 e. The molecule has 0 aliphatic heterocycles. The average Bonchev–Trinajstić information content (AvgIpc) is 2.17. The zero-order valence-corrected chi connectivity index (χ0v) is 10.1. The molecule has 0 unspecified atom stereocenters. The molecule has 0 amide bonds. The fourth-order valence-electron chi connectivity index (χ4n) is 1.19. The summed E-state index contributed by atoms with van der Waals surface area (Å²) in [6.45, 7) is 1.50. The van der Waals surface area contributed by atoms with E-state index in [2.05, 4.69) is 20.7 Å². The molecular weight excluding hydrogens is 260 g/mol. The number of rotatable bonds is 3. The van der Waals surface area contributed by atoms with Gasteiger partial charge in [0.2, 0.25) is 0 Å². The summed E-state index contributed by atoms with van der Waals surface area (Å²) in [7, 11) is 1.35. The van der Waals surface area contributed by atoms with Crippen LogP contribution in [0.25, 0.3) is 0 Å². The zero-order chi connectivity index (χ0) is 11.4. The Morgan fingerprint density at radius 1 is 1.40 bits per heavy atom. The van der Waals surface area contributed by atoms with E-state index in [0.717, 1.165) is 5.56 Å². The maximum absolute atomic E-state index is 11.1. The first-order valence-corrected chi connectivity index (χ1v) is 5.20. The van der Waals surface area contributed by atoms with E-state index in [0.29, 0.717) is 10.0 Å². The quantitative estimate of drug-likeness (QED) is 0.626. The molecule has 0 aliphatic rings. The summed E-state index contributed by atoms with van der Waals surface area (Å²) in [6.07, 6.45) is 0.216. The van der Waals surface area contributed by atoms with E-state index >= 15 is 0 Å². The Kier molecular flexibility index (Phi) is 4.03. The highest BCUT2D eigenvalue weighted by molar-refractivity contribution is 9.10. The number of esters is 1. The summed E-state index contributed by atoms with van der Waals surface area (Å²) in [4.78, 5) is 22.1. The summed E-state index contributed by atoms with van der Waals surface area (Å²) >= 11 is 3.29. The molecule has 15 heavy (non-hydrogen) atoms. The lowest BCUT2D eigenvalue weighted by Crippen LogP contribution is -2.05. The third-order valence-electron chi connectivity index (χ3n) is 1.99. The van der Waals surface area contributed by atoms with Crippen molar-refractivity contribution in [2.24, 2.45) is 0 Å². The Morgan fingerprint density at radius 2 is 2.07 bits per heavy atom. The number of carbonyl (C=O) groups is 2. The Bertz CT molecular complexity index is 399. The van der Waals surface area contributed by atoms with Crippen LogP contribution in [0.2, 0.25) is 0 Å². The number of benzene rings is 1. The third-order valence-corrected chi connectivity index (χ3v) is 2.65. The van der Waals surface area contributed by atoms with Crippen molar-refractivity contribution in [3.63, 3.8) is 0 Å². The molecule has 0 N–H and O–H groups in total. The van der Waals surface area contributed by atoms with Gasteiger partial charge in [-0.2, -0.15) is 0 Å². The maximum Gasteiger partial charge on any atom is 0.309 e. The van der Waals surface area contributed by atoms with Crippen LogP contribution in [-0.2, 0) is 16.0 Å². The first-order chi connectivity index (χ1) is 7.04. The maximum atomic E-state index is 11.1. The van der Waals surface area contributed by atoms with Crippen LogP contribution in [0.4, 0.5) is 0 Å². The number of Topliss-reactive ketones (excluding diaryl/α,β-unsaturated/α-hetero) is 1. The minimum absolute atomic E-state index is 0.00788. The number of methoxy groups -OCH3 is 1. The minimum atomic E-state index is -0.294. The highest BCUT2D eigenvalue weighted by Crippen LogP contribution is 2.19. The largest absolute Gasteiger partial charge is 0.469 e. The van der Waals surface area contributed by atoms with Gasteiger partial charge in [-0.15, -0.1) is 0 Å². The fourth-order valence-corrected chi connectivity index (χ4v) is 1.90. The summed E-state index contributed by atoms with van der Waals surface area (Å²) in [5.74, 6) is -0.302. The molecule has 80 valence electrons. The first kappa shape index (κ1) is 11.9. The number of ketones is 1. The molecule has 0 radical (unpaired) electrons. The van der Waals surface area contributed by atoms with E-state index in [-0.39, 0.29) is 18.2 Å². The zero-order valence-electron chi connectivity index (χ0n) is 8.54. The van der Waals surface area contributed by atoms with Crippen molar-refractivity contribution < 1.29 is 14.3 Å². The van der Waals surface area contributed by atoms with Crippen LogP contribution in [0, 0.1) is 0 Å². The van der Waals surface area contributed by atoms with E-state index < -0.39 is 0 Å². The van der Waals surface area contributed by atoms with Crippen LogP contribution in [-0.4, -0.2) is 18.9 Å². The Hall–Kier alpha value is -1.16. The molecule has 1 aromatic rings. The molecule has 0 bridgehead atoms. The van der Waals surface area contributed by atoms with Gasteiger partial charge in [0.1, 0.15) is 0 Å². The molecule has 0 atom stereocenters. The summed E-state index contributed by atoms with van der Waals surface area (Å²) in [5.41, 5.74) is 1.43. The highest BCUT2D eigenvalue weighted by Gasteiger charge is 2.08. The number of ether oxygens (including phenoxy) is 1. The van der Waals surface area contributed by atoms with Crippen LogP contribution in [0.1, 0.15) is 22.8 Å². The van der Waals surface area contributed by atoms with Gasteiger partial charge in [-0.05, 0) is 24.6 Å². The molecule has 0 spiro atoms. The number of halogens is 1. The molecule has 1 rings (SSSR count). The topological polar surface area (TPSA) is 43.4 Å². The molecular formula is C11H11BrO3. The first-order valence-electron chi connectivity index (χ1n) is 4.40. The minimum Gasteiger partial charge on any atom is -0.469 e. The van der Waals surface area contributed by atoms with Crippen molar-refractivity contribution in [1.82, 2.24) is 0 Å². The fraction of sp³-hybridized carbons (Fsp3) is 0.273. The van der Waals surface area contributed by atoms with Crippen molar-refractivity contribution in [2.45, 2.75) is 13.3 Å². The normalized spacial score (nSPS) is 9.80. The van der Waals surface area contributed by atoms with E-state index in [1.807, 2.05) is 0 Å². The molecule has 0 aromatic heterocycles. The Morgan fingerprint density at radius 3 is 2.53 bits per heavy atom. The predicted molar refractivity (Wildman–Crippen MR) is 59.9 cm³/mol. The second-order valence-electron chi connectivity index (χ2n) is 3.12. The van der Waals surface area contributed by atoms with E-state index in [1.165, 1.54) is 14.0 Å². The van der Waals surface area contributed by atoms with E-state index in [9.17, 15) is 9.59 Å². The lowest BCUT2D eigenvalue weighted by Gasteiger charge is -2.04. The number of hydrogen-bond acceptors (Lipinski definition) is 3. The van der Waals surface area contributed by atoms with Gasteiger partial charge >= 0.3 is 5.97 Å². The van der Waals surface area contributed by atoms with Crippen molar-refractivity contribution in [2.75, 3.05) is 7.11 Å². The molecule has 0 saturated heterocycles. The SMILES string of the molecule is COC(=O)Cc1ccc(C(C)=O)c(Br)c1. The van der Waals surface area contributed by atoms with Crippen LogP contribution < -0.4 is 0 Å². The van der Waals surface area contributed by atoms with Crippen LogP contribution in [0.15, 0.2) is 22.7 Å². The Balaban J connectivity index is 2.91. The van der Waals surface area contributed by atoms with E-state index in [1.54, 1.807) is 18.2 Å². The van der Waals surface area contributed by atoms with Crippen molar-refractivity contribution in [3.05, 3.63) is 33.8 Å². The Labute approximate surface area is 96.6 Å².